The monoisotopic (exact) mass is 278 g/mol. The number of aliphatic hydroxyl groups excluding tert-OH is 1. The van der Waals surface area contributed by atoms with E-state index in [0.29, 0.717) is 31.2 Å². The Labute approximate surface area is 116 Å². The molecule has 2 aromatic rings. The van der Waals surface area contributed by atoms with Crippen LogP contribution in [0.5, 0.6) is 0 Å². The molecular formula is C12H18N6O2. The van der Waals surface area contributed by atoms with Gasteiger partial charge in [0.15, 0.2) is 5.82 Å². The van der Waals surface area contributed by atoms with Gasteiger partial charge in [0.05, 0.1) is 25.4 Å². The van der Waals surface area contributed by atoms with Crippen molar-refractivity contribution in [1.29, 1.82) is 0 Å². The molecule has 0 aliphatic carbocycles. The molecule has 8 heteroatoms. The van der Waals surface area contributed by atoms with E-state index in [4.69, 9.17) is 4.74 Å². The highest BCUT2D eigenvalue weighted by molar-refractivity contribution is 5.61. The number of rotatable bonds is 4. The minimum atomic E-state index is -0.438. The predicted molar refractivity (Wildman–Crippen MR) is 72.5 cm³/mol. The van der Waals surface area contributed by atoms with Crippen molar-refractivity contribution in [2.24, 2.45) is 0 Å². The summed E-state index contributed by atoms with van der Waals surface area (Å²) in [5.41, 5.74) is 0.229. The lowest BCUT2D eigenvalue weighted by Crippen LogP contribution is -2.61. The average Bonchev–Trinajstić information content (AvgIpc) is 2.96. The van der Waals surface area contributed by atoms with Gasteiger partial charge in [-0.1, -0.05) is 0 Å². The summed E-state index contributed by atoms with van der Waals surface area (Å²) in [5, 5.41) is 20.9. The molecule has 1 unspecified atom stereocenters. The average molecular weight is 278 g/mol. The highest BCUT2D eigenvalue weighted by Crippen LogP contribution is 2.20. The van der Waals surface area contributed by atoms with Crippen LogP contribution in [-0.4, -0.2) is 75.1 Å². The second-order valence-electron chi connectivity index (χ2n) is 5.05. The summed E-state index contributed by atoms with van der Waals surface area (Å²) in [7, 11) is 1.99. The van der Waals surface area contributed by atoms with Gasteiger partial charge in [0.2, 0.25) is 5.65 Å². The van der Waals surface area contributed by atoms with Crippen molar-refractivity contribution in [3.8, 4) is 0 Å². The molecule has 0 spiro atoms. The van der Waals surface area contributed by atoms with Crippen LogP contribution in [0.3, 0.4) is 0 Å². The number of nitrogens with one attached hydrogen (secondary N) is 1. The summed E-state index contributed by atoms with van der Waals surface area (Å²) in [6.07, 6.45) is 5.10. The van der Waals surface area contributed by atoms with Gasteiger partial charge < -0.3 is 15.2 Å². The molecule has 108 valence electrons. The van der Waals surface area contributed by atoms with Crippen LogP contribution in [0.15, 0.2) is 18.7 Å². The van der Waals surface area contributed by atoms with E-state index in [0.717, 1.165) is 6.54 Å². The van der Waals surface area contributed by atoms with Crippen molar-refractivity contribution in [2.45, 2.75) is 5.54 Å². The Morgan fingerprint density at radius 1 is 1.55 bits per heavy atom. The van der Waals surface area contributed by atoms with Crippen LogP contribution in [0.4, 0.5) is 5.82 Å². The van der Waals surface area contributed by atoms with E-state index in [1.807, 2.05) is 7.05 Å². The van der Waals surface area contributed by atoms with Crippen LogP contribution in [0, 0.1) is 0 Å². The maximum atomic E-state index is 9.75. The van der Waals surface area contributed by atoms with Crippen LogP contribution in [-0.2, 0) is 4.74 Å². The molecule has 20 heavy (non-hydrogen) atoms. The van der Waals surface area contributed by atoms with Gasteiger partial charge >= 0.3 is 0 Å². The molecule has 2 aromatic heterocycles. The molecule has 0 bridgehead atoms. The summed E-state index contributed by atoms with van der Waals surface area (Å²) >= 11 is 0. The second-order valence-corrected chi connectivity index (χ2v) is 5.05. The molecule has 8 nitrogen and oxygen atoms in total. The van der Waals surface area contributed by atoms with E-state index in [-0.39, 0.29) is 6.61 Å². The Kier molecular flexibility index (Phi) is 3.51. The Morgan fingerprint density at radius 2 is 2.45 bits per heavy atom. The van der Waals surface area contributed by atoms with E-state index in [1.165, 1.54) is 0 Å². The fraction of sp³-hybridized carbons (Fsp3) is 0.583. The first kappa shape index (κ1) is 13.2. The third-order valence-electron chi connectivity index (χ3n) is 3.85. The van der Waals surface area contributed by atoms with Gasteiger partial charge in [-0.2, -0.15) is 0 Å². The fourth-order valence-corrected chi connectivity index (χ4v) is 2.35. The molecule has 0 aromatic carbocycles. The van der Waals surface area contributed by atoms with Crippen molar-refractivity contribution in [3.63, 3.8) is 0 Å². The molecule has 3 heterocycles. The van der Waals surface area contributed by atoms with E-state index < -0.39 is 5.54 Å². The van der Waals surface area contributed by atoms with Crippen LogP contribution in [0.1, 0.15) is 0 Å². The zero-order valence-electron chi connectivity index (χ0n) is 11.4. The Balaban J connectivity index is 1.79. The topological polar surface area (TPSA) is 87.8 Å². The van der Waals surface area contributed by atoms with Gasteiger partial charge in [0.25, 0.3) is 0 Å². The number of ether oxygens (including phenoxy) is 1. The number of hydrogen-bond donors (Lipinski definition) is 2. The SMILES string of the molecule is CN1CCOCC1(CO)CNc1nccn2cnnc12. The van der Waals surface area contributed by atoms with E-state index in [2.05, 4.69) is 25.4 Å². The largest absolute Gasteiger partial charge is 0.394 e. The van der Waals surface area contributed by atoms with Crippen molar-refractivity contribution in [2.75, 3.05) is 45.3 Å². The first-order valence-electron chi connectivity index (χ1n) is 6.53. The highest BCUT2D eigenvalue weighted by atomic mass is 16.5. The standard InChI is InChI=1S/C12H18N6O2/c1-17-4-5-20-8-12(17,7-19)6-14-10-11-16-15-9-18(11)3-2-13-10/h2-3,9,19H,4-8H2,1H3,(H,13,14). The van der Waals surface area contributed by atoms with Gasteiger partial charge in [0, 0.05) is 25.5 Å². The molecule has 0 radical (unpaired) electrons. The molecule has 1 aliphatic heterocycles. The Bertz CT molecular complexity index is 588. The van der Waals surface area contributed by atoms with Gasteiger partial charge in [-0.3, -0.25) is 9.30 Å². The van der Waals surface area contributed by atoms with Gasteiger partial charge in [-0.15, -0.1) is 10.2 Å². The van der Waals surface area contributed by atoms with Crippen LogP contribution in [0.2, 0.25) is 0 Å². The summed E-state index contributed by atoms with van der Waals surface area (Å²) in [6.45, 7) is 2.52. The van der Waals surface area contributed by atoms with Crippen molar-refractivity contribution in [1.82, 2.24) is 24.5 Å². The molecule has 2 N–H and O–H groups in total. The third kappa shape index (κ3) is 2.21. The van der Waals surface area contributed by atoms with Gasteiger partial charge in [-0.25, -0.2) is 4.98 Å². The molecule has 1 saturated heterocycles. The molecule has 1 aliphatic rings. The number of morpholine rings is 1. The highest BCUT2D eigenvalue weighted by Gasteiger charge is 2.37. The lowest BCUT2D eigenvalue weighted by atomic mass is 9.98. The zero-order chi connectivity index (χ0) is 14.0. The van der Waals surface area contributed by atoms with E-state index in [1.54, 1.807) is 23.1 Å². The summed E-state index contributed by atoms with van der Waals surface area (Å²) < 4.78 is 7.31. The maximum absolute atomic E-state index is 9.75. The Morgan fingerprint density at radius 3 is 3.25 bits per heavy atom. The number of anilines is 1. The van der Waals surface area contributed by atoms with Crippen LogP contribution >= 0.6 is 0 Å². The zero-order valence-corrected chi connectivity index (χ0v) is 11.4. The summed E-state index contributed by atoms with van der Waals surface area (Å²) in [5.74, 6) is 0.650. The van der Waals surface area contributed by atoms with Crippen LogP contribution in [0.25, 0.3) is 5.65 Å². The number of aromatic nitrogens is 4. The molecule has 0 saturated carbocycles. The number of aliphatic hydroxyl groups is 1. The normalized spacial score (nSPS) is 24.1. The summed E-state index contributed by atoms with van der Waals surface area (Å²) in [6, 6.07) is 0. The first-order chi connectivity index (χ1) is 9.75. The lowest BCUT2D eigenvalue weighted by molar-refractivity contribution is -0.0726. The number of hydrogen-bond acceptors (Lipinski definition) is 7. The fourth-order valence-electron chi connectivity index (χ4n) is 2.35. The second kappa shape index (κ2) is 5.31. The maximum Gasteiger partial charge on any atom is 0.203 e. The number of likely N-dealkylation sites (N-methyl/N-ethyl adjacent to an activating group) is 1. The molecule has 1 fully saturated rings. The first-order valence-corrected chi connectivity index (χ1v) is 6.53. The summed E-state index contributed by atoms with van der Waals surface area (Å²) in [4.78, 5) is 6.40. The van der Waals surface area contributed by atoms with Gasteiger partial charge in [0.1, 0.15) is 6.33 Å². The minimum Gasteiger partial charge on any atom is -0.394 e. The van der Waals surface area contributed by atoms with E-state index >= 15 is 0 Å². The Hall–Kier alpha value is -1.77. The third-order valence-corrected chi connectivity index (χ3v) is 3.85. The lowest BCUT2D eigenvalue weighted by Gasteiger charge is -2.43. The quantitative estimate of drug-likeness (QED) is 0.759. The van der Waals surface area contributed by atoms with Crippen molar-refractivity contribution >= 4 is 11.5 Å². The van der Waals surface area contributed by atoms with Crippen molar-refractivity contribution in [3.05, 3.63) is 18.7 Å². The number of nitrogens with zero attached hydrogens (tertiary/aromatic N) is 5. The molecule has 3 rings (SSSR count). The predicted octanol–water partition coefficient (Wildman–Crippen LogP) is -0.771. The molecule has 1 atom stereocenters. The number of fused-ring (bicyclic) bond motifs is 1. The van der Waals surface area contributed by atoms with E-state index in [9.17, 15) is 5.11 Å². The minimum absolute atomic E-state index is 0.0201. The van der Waals surface area contributed by atoms with Gasteiger partial charge in [-0.05, 0) is 7.05 Å². The smallest absolute Gasteiger partial charge is 0.203 e. The van der Waals surface area contributed by atoms with Crippen LogP contribution < -0.4 is 5.32 Å². The molecule has 0 amide bonds. The molecular weight excluding hydrogens is 260 g/mol. The van der Waals surface area contributed by atoms with Crippen molar-refractivity contribution < 1.29 is 9.84 Å².